The first-order valence-electron chi connectivity index (χ1n) is 8.95. The second-order valence-corrected chi connectivity index (χ2v) is 9.60. The van der Waals surface area contributed by atoms with Crippen LogP contribution in [0, 0.1) is 11.7 Å². The number of piperazine rings is 1. The first kappa shape index (κ1) is 17.7. The van der Waals surface area contributed by atoms with Gasteiger partial charge in [-0.25, -0.2) is 12.8 Å². The van der Waals surface area contributed by atoms with E-state index in [1.54, 1.807) is 11.0 Å². The van der Waals surface area contributed by atoms with Gasteiger partial charge in [0, 0.05) is 37.2 Å². The molecule has 0 spiro atoms. The molecular weight excluding hydrogens is 359 g/mol. The van der Waals surface area contributed by atoms with Crippen LogP contribution in [-0.2, 0) is 21.2 Å². The zero-order chi connectivity index (χ0) is 18.5. The van der Waals surface area contributed by atoms with Gasteiger partial charge < -0.3 is 9.64 Å². The summed E-state index contributed by atoms with van der Waals surface area (Å²) in [6.45, 7) is 1.50. The van der Waals surface area contributed by atoms with Crippen LogP contribution in [0.3, 0.4) is 0 Å². The molecule has 2 saturated heterocycles. The Labute approximate surface area is 152 Å². The Kier molecular flexibility index (Phi) is 4.43. The number of rotatable bonds is 4. The fraction of sp³-hybridized carbons (Fsp3) is 0.611. The molecule has 142 valence electrons. The van der Waals surface area contributed by atoms with E-state index in [0.717, 1.165) is 12.8 Å². The van der Waals surface area contributed by atoms with Crippen molar-refractivity contribution in [3.05, 3.63) is 29.6 Å². The van der Waals surface area contributed by atoms with Crippen molar-refractivity contribution in [3.8, 4) is 5.75 Å². The number of nitrogens with zero attached hydrogens (tertiary/aromatic N) is 2. The number of benzene rings is 1. The molecule has 3 fully saturated rings. The molecule has 0 N–H and O–H groups in total. The number of sulfone groups is 1. The third-order valence-corrected chi connectivity index (χ3v) is 7.32. The molecule has 1 aliphatic carbocycles. The maximum atomic E-state index is 13.7. The predicted molar refractivity (Wildman–Crippen MR) is 94.0 cm³/mol. The number of ether oxygens (including phenoxy) is 1. The van der Waals surface area contributed by atoms with Crippen LogP contribution in [-0.4, -0.2) is 67.9 Å². The molecule has 2 aliphatic heterocycles. The molecule has 0 radical (unpaired) electrons. The van der Waals surface area contributed by atoms with Crippen LogP contribution in [0.5, 0.6) is 5.75 Å². The predicted octanol–water partition coefficient (Wildman–Crippen LogP) is 1.05. The minimum absolute atomic E-state index is 0.0207. The maximum absolute atomic E-state index is 13.7. The maximum Gasteiger partial charge on any atom is 0.226 e. The second-order valence-electron chi connectivity index (χ2n) is 7.44. The summed E-state index contributed by atoms with van der Waals surface area (Å²) in [5.41, 5.74) is 0.692. The van der Waals surface area contributed by atoms with Crippen LogP contribution in [0.2, 0.25) is 0 Å². The molecule has 0 aromatic heterocycles. The quantitative estimate of drug-likeness (QED) is 0.779. The van der Waals surface area contributed by atoms with Crippen molar-refractivity contribution in [1.29, 1.82) is 0 Å². The molecule has 26 heavy (non-hydrogen) atoms. The summed E-state index contributed by atoms with van der Waals surface area (Å²) in [5.74, 6) is 0.476. The number of halogens is 1. The van der Waals surface area contributed by atoms with Crippen LogP contribution in [0.4, 0.5) is 4.39 Å². The van der Waals surface area contributed by atoms with Crippen molar-refractivity contribution in [1.82, 2.24) is 9.80 Å². The molecule has 0 bridgehead atoms. The van der Waals surface area contributed by atoms with Crippen LogP contribution >= 0.6 is 0 Å². The smallest absolute Gasteiger partial charge is 0.226 e. The topological polar surface area (TPSA) is 66.9 Å². The standard InChI is InChI=1S/C18H23FN2O4S/c1-25-17-5-4-14(19)8-13(17)9-20-6-7-21(18(22)12-2-3-12)16-11-26(23,24)10-15(16)20/h4-5,8,12,15-16H,2-3,6-7,9-11H2,1H3/t15-,16+/m0/s1. The molecule has 6 nitrogen and oxygen atoms in total. The molecule has 1 aromatic carbocycles. The Morgan fingerprint density at radius 3 is 2.65 bits per heavy atom. The van der Waals surface area contributed by atoms with E-state index in [4.69, 9.17) is 4.74 Å². The highest BCUT2D eigenvalue weighted by atomic mass is 32.2. The molecule has 4 rings (SSSR count). The van der Waals surface area contributed by atoms with Gasteiger partial charge in [-0.2, -0.15) is 0 Å². The molecule has 0 unspecified atom stereocenters. The van der Waals surface area contributed by atoms with Crippen molar-refractivity contribution in [2.24, 2.45) is 5.92 Å². The monoisotopic (exact) mass is 382 g/mol. The third-order valence-electron chi connectivity index (χ3n) is 5.62. The molecule has 3 aliphatic rings. The van der Waals surface area contributed by atoms with Gasteiger partial charge in [0.05, 0.1) is 24.7 Å². The van der Waals surface area contributed by atoms with E-state index in [-0.39, 0.29) is 41.2 Å². The molecule has 2 atom stereocenters. The van der Waals surface area contributed by atoms with E-state index in [1.165, 1.54) is 19.2 Å². The van der Waals surface area contributed by atoms with Gasteiger partial charge in [0.1, 0.15) is 11.6 Å². The fourth-order valence-electron chi connectivity index (χ4n) is 4.15. The Bertz CT molecular complexity index is 824. The molecule has 1 aromatic rings. The highest BCUT2D eigenvalue weighted by Gasteiger charge is 2.49. The number of fused-ring (bicyclic) bond motifs is 1. The normalized spacial score (nSPS) is 28.0. The van der Waals surface area contributed by atoms with Gasteiger partial charge in [-0.05, 0) is 31.0 Å². The van der Waals surface area contributed by atoms with E-state index >= 15 is 0 Å². The van der Waals surface area contributed by atoms with Crippen molar-refractivity contribution in [2.75, 3.05) is 31.7 Å². The first-order chi connectivity index (χ1) is 12.4. The van der Waals surface area contributed by atoms with Crippen LogP contribution in [0.1, 0.15) is 18.4 Å². The Morgan fingerprint density at radius 2 is 1.96 bits per heavy atom. The lowest BCUT2D eigenvalue weighted by Crippen LogP contribution is -2.60. The largest absolute Gasteiger partial charge is 0.496 e. The Hall–Kier alpha value is -1.67. The van der Waals surface area contributed by atoms with Crippen molar-refractivity contribution in [3.63, 3.8) is 0 Å². The SMILES string of the molecule is COc1ccc(F)cc1CN1CCN(C(=O)C2CC2)[C@@H]2CS(=O)(=O)C[C@@H]21. The van der Waals surface area contributed by atoms with E-state index in [1.807, 2.05) is 0 Å². The number of methoxy groups -OCH3 is 1. The minimum atomic E-state index is -3.19. The number of carbonyl (C=O) groups excluding carboxylic acids is 1. The molecule has 1 saturated carbocycles. The van der Waals surface area contributed by atoms with Crippen molar-refractivity contribution in [2.45, 2.75) is 31.5 Å². The first-order valence-corrected chi connectivity index (χ1v) is 10.8. The van der Waals surface area contributed by atoms with Crippen molar-refractivity contribution >= 4 is 15.7 Å². The van der Waals surface area contributed by atoms with Gasteiger partial charge in [0.25, 0.3) is 0 Å². The summed E-state index contributed by atoms with van der Waals surface area (Å²) in [6.07, 6.45) is 1.81. The van der Waals surface area contributed by atoms with E-state index in [0.29, 0.717) is 30.9 Å². The fourth-order valence-corrected chi connectivity index (χ4v) is 6.16. The average molecular weight is 382 g/mol. The van der Waals surface area contributed by atoms with Crippen LogP contribution < -0.4 is 4.74 Å². The second kappa shape index (κ2) is 6.49. The number of hydrogen-bond acceptors (Lipinski definition) is 5. The zero-order valence-corrected chi connectivity index (χ0v) is 15.5. The molecular formula is C18H23FN2O4S. The zero-order valence-electron chi connectivity index (χ0n) is 14.7. The molecule has 8 heteroatoms. The van der Waals surface area contributed by atoms with Gasteiger partial charge in [0.15, 0.2) is 9.84 Å². The minimum Gasteiger partial charge on any atom is -0.496 e. The van der Waals surface area contributed by atoms with E-state index in [9.17, 15) is 17.6 Å². The van der Waals surface area contributed by atoms with E-state index < -0.39 is 9.84 Å². The summed E-state index contributed by atoms with van der Waals surface area (Å²) in [6, 6.07) is 3.81. The van der Waals surface area contributed by atoms with Crippen LogP contribution in [0.15, 0.2) is 18.2 Å². The highest BCUT2D eigenvalue weighted by Crippen LogP contribution is 2.36. The van der Waals surface area contributed by atoms with Gasteiger partial charge in [-0.1, -0.05) is 0 Å². The van der Waals surface area contributed by atoms with Gasteiger partial charge in [-0.15, -0.1) is 0 Å². The summed E-state index contributed by atoms with van der Waals surface area (Å²) in [7, 11) is -1.66. The van der Waals surface area contributed by atoms with E-state index in [2.05, 4.69) is 4.90 Å². The van der Waals surface area contributed by atoms with Gasteiger partial charge in [-0.3, -0.25) is 9.69 Å². The molecule has 1 amide bonds. The molecule has 2 heterocycles. The Morgan fingerprint density at radius 1 is 1.23 bits per heavy atom. The number of amides is 1. The summed E-state index contributed by atoms with van der Waals surface area (Å²) >= 11 is 0. The lowest BCUT2D eigenvalue weighted by Gasteiger charge is -2.44. The lowest BCUT2D eigenvalue weighted by molar-refractivity contribution is -0.138. The number of carbonyl (C=O) groups is 1. The summed E-state index contributed by atoms with van der Waals surface area (Å²) in [5, 5.41) is 0. The van der Waals surface area contributed by atoms with Crippen molar-refractivity contribution < 1.29 is 22.3 Å². The Balaban J connectivity index is 1.59. The van der Waals surface area contributed by atoms with Gasteiger partial charge in [0.2, 0.25) is 5.91 Å². The third kappa shape index (κ3) is 3.32. The highest BCUT2D eigenvalue weighted by molar-refractivity contribution is 7.91. The average Bonchev–Trinajstić information content (AvgIpc) is 3.37. The number of hydrogen-bond donors (Lipinski definition) is 0. The summed E-state index contributed by atoms with van der Waals surface area (Å²) in [4.78, 5) is 16.4. The van der Waals surface area contributed by atoms with Gasteiger partial charge >= 0.3 is 0 Å². The lowest BCUT2D eigenvalue weighted by atomic mass is 10.0. The summed E-state index contributed by atoms with van der Waals surface area (Å²) < 4.78 is 43.5. The van der Waals surface area contributed by atoms with Crippen LogP contribution in [0.25, 0.3) is 0 Å².